The summed E-state index contributed by atoms with van der Waals surface area (Å²) in [5.74, 6) is 1.75. The first-order chi connectivity index (χ1) is 16.0. The summed E-state index contributed by atoms with van der Waals surface area (Å²) in [6, 6.07) is 18.0. The molecule has 0 aliphatic heterocycles. The molecule has 6 heteroatoms. The van der Waals surface area contributed by atoms with Crippen molar-refractivity contribution in [1.82, 2.24) is 10.3 Å². The zero-order chi connectivity index (χ0) is 23.2. The number of nitrogens with zero attached hydrogens (tertiary/aromatic N) is 2. The molecule has 4 rings (SSSR count). The Labute approximate surface area is 196 Å². The largest absolute Gasteiger partial charge is 0.508 e. The van der Waals surface area contributed by atoms with Crippen molar-refractivity contribution in [2.45, 2.75) is 44.6 Å². The van der Waals surface area contributed by atoms with E-state index in [9.17, 15) is 9.90 Å². The van der Waals surface area contributed by atoms with Crippen LogP contribution in [0.15, 0.2) is 54.6 Å². The van der Waals surface area contributed by atoms with E-state index >= 15 is 0 Å². The summed E-state index contributed by atoms with van der Waals surface area (Å²) in [6.45, 7) is 0.728. The number of aromatic hydroxyl groups is 1. The zero-order valence-corrected chi connectivity index (χ0v) is 19.6. The van der Waals surface area contributed by atoms with Gasteiger partial charge in [-0.2, -0.15) is 0 Å². The number of hydrogen-bond donors (Lipinski definition) is 3. The van der Waals surface area contributed by atoms with Gasteiger partial charge in [0.15, 0.2) is 0 Å². The van der Waals surface area contributed by atoms with Gasteiger partial charge in [0.1, 0.15) is 11.6 Å². The second kappa shape index (κ2) is 10.6. The predicted molar refractivity (Wildman–Crippen MR) is 135 cm³/mol. The Kier molecular flexibility index (Phi) is 7.33. The minimum Gasteiger partial charge on any atom is -0.508 e. The molecule has 1 aliphatic carbocycles. The molecule has 0 atom stereocenters. The molecule has 1 aliphatic rings. The van der Waals surface area contributed by atoms with Crippen molar-refractivity contribution in [2.75, 3.05) is 30.9 Å². The lowest BCUT2D eigenvalue weighted by Gasteiger charge is -2.30. The molecule has 0 unspecified atom stereocenters. The smallest absolute Gasteiger partial charge is 0.220 e. The molecule has 0 saturated heterocycles. The first kappa shape index (κ1) is 22.9. The summed E-state index contributed by atoms with van der Waals surface area (Å²) in [5, 5.41) is 17.7. The van der Waals surface area contributed by atoms with Gasteiger partial charge >= 0.3 is 0 Å². The van der Waals surface area contributed by atoms with Gasteiger partial charge in [0.2, 0.25) is 5.91 Å². The summed E-state index contributed by atoms with van der Waals surface area (Å²) in [7, 11) is 4.13. The average molecular weight is 447 g/mol. The molecule has 2 aromatic carbocycles. The number of anilines is 2. The number of aromatic nitrogens is 1. The fourth-order valence-electron chi connectivity index (χ4n) is 4.64. The molecule has 0 spiro atoms. The van der Waals surface area contributed by atoms with Gasteiger partial charge in [-0.15, -0.1) is 0 Å². The quantitative estimate of drug-likeness (QED) is 0.466. The van der Waals surface area contributed by atoms with Crippen LogP contribution in [0.5, 0.6) is 5.75 Å². The van der Waals surface area contributed by atoms with Crippen molar-refractivity contribution in [3.05, 3.63) is 60.2 Å². The van der Waals surface area contributed by atoms with Gasteiger partial charge in [0.05, 0.1) is 5.52 Å². The van der Waals surface area contributed by atoms with Crippen LogP contribution in [0.25, 0.3) is 10.9 Å². The Morgan fingerprint density at radius 3 is 2.55 bits per heavy atom. The van der Waals surface area contributed by atoms with Gasteiger partial charge in [-0.3, -0.25) is 4.79 Å². The molecule has 6 nitrogen and oxygen atoms in total. The van der Waals surface area contributed by atoms with E-state index in [-0.39, 0.29) is 11.7 Å². The lowest BCUT2D eigenvalue weighted by atomic mass is 9.86. The maximum atomic E-state index is 12.3. The zero-order valence-electron chi connectivity index (χ0n) is 19.6. The third-order valence-corrected chi connectivity index (χ3v) is 6.58. The molecule has 0 bridgehead atoms. The third kappa shape index (κ3) is 5.95. The molecule has 1 aromatic heterocycles. The van der Waals surface area contributed by atoms with E-state index in [0.717, 1.165) is 54.5 Å². The number of amides is 1. The highest BCUT2D eigenvalue weighted by Crippen LogP contribution is 2.30. The maximum absolute atomic E-state index is 12.3. The van der Waals surface area contributed by atoms with Gasteiger partial charge in [-0.25, -0.2) is 4.98 Å². The number of para-hydroxylation sites is 2. The van der Waals surface area contributed by atoms with Crippen molar-refractivity contribution in [3.63, 3.8) is 0 Å². The number of phenolic OH excluding ortho intramolecular Hbond substituents is 1. The van der Waals surface area contributed by atoms with Crippen LogP contribution in [-0.4, -0.2) is 42.7 Å². The number of carbonyl (C=O) groups excluding carboxylic acids is 1. The van der Waals surface area contributed by atoms with Crippen molar-refractivity contribution in [2.24, 2.45) is 5.92 Å². The number of pyridine rings is 1. The van der Waals surface area contributed by atoms with E-state index in [1.807, 2.05) is 18.2 Å². The maximum Gasteiger partial charge on any atom is 0.220 e. The first-order valence-electron chi connectivity index (χ1n) is 11.9. The van der Waals surface area contributed by atoms with Gasteiger partial charge in [0.25, 0.3) is 0 Å². The number of rotatable bonds is 8. The molecule has 33 heavy (non-hydrogen) atoms. The fourth-order valence-corrected chi connectivity index (χ4v) is 4.64. The molecule has 174 valence electrons. The Morgan fingerprint density at radius 1 is 1.06 bits per heavy atom. The van der Waals surface area contributed by atoms with Crippen LogP contribution in [0.4, 0.5) is 11.5 Å². The summed E-state index contributed by atoms with van der Waals surface area (Å²) >= 11 is 0. The molecular weight excluding hydrogens is 412 g/mol. The number of hydrogen-bond acceptors (Lipinski definition) is 5. The monoisotopic (exact) mass is 446 g/mol. The summed E-state index contributed by atoms with van der Waals surface area (Å²) in [5.41, 5.74) is 2.99. The molecular formula is C27H34N4O2. The molecule has 3 aromatic rings. The van der Waals surface area contributed by atoms with Crippen LogP contribution in [-0.2, 0) is 11.2 Å². The highest BCUT2D eigenvalue weighted by molar-refractivity contribution is 5.93. The number of carbonyl (C=O) groups is 1. The van der Waals surface area contributed by atoms with E-state index in [2.05, 4.69) is 53.9 Å². The van der Waals surface area contributed by atoms with E-state index < -0.39 is 0 Å². The Bertz CT molecular complexity index is 1090. The van der Waals surface area contributed by atoms with Crippen LogP contribution >= 0.6 is 0 Å². The third-order valence-electron chi connectivity index (χ3n) is 6.58. The molecule has 0 radical (unpaired) electrons. The van der Waals surface area contributed by atoms with E-state index in [0.29, 0.717) is 24.8 Å². The van der Waals surface area contributed by atoms with E-state index in [1.54, 1.807) is 12.1 Å². The van der Waals surface area contributed by atoms with Crippen molar-refractivity contribution in [3.8, 4) is 5.75 Å². The molecule has 3 N–H and O–H groups in total. The minimum absolute atomic E-state index is 0.0510. The van der Waals surface area contributed by atoms with Gasteiger partial charge < -0.3 is 20.6 Å². The van der Waals surface area contributed by atoms with Gasteiger partial charge in [-0.1, -0.05) is 36.4 Å². The van der Waals surface area contributed by atoms with Crippen molar-refractivity contribution in [1.29, 1.82) is 0 Å². The second-order valence-corrected chi connectivity index (χ2v) is 9.23. The summed E-state index contributed by atoms with van der Waals surface area (Å²) in [6.07, 6.45) is 5.28. The SMILES string of the molecule is CN(C)c1cc(NC2CCC(CNC(=O)CCc3ccccc3O)CC2)nc2ccccc12. The number of aryl methyl sites for hydroxylation is 1. The summed E-state index contributed by atoms with van der Waals surface area (Å²) in [4.78, 5) is 19.2. The highest BCUT2D eigenvalue weighted by Gasteiger charge is 2.22. The molecule has 1 saturated carbocycles. The van der Waals surface area contributed by atoms with Crippen molar-refractivity contribution < 1.29 is 9.90 Å². The number of benzene rings is 2. The lowest BCUT2D eigenvalue weighted by molar-refractivity contribution is -0.121. The number of fused-ring (bicyclic) bond motifs is 1. The van der Waals surface area contributed by atoms with Crippen LogP contribution in [0.3, 0.4) is 0 Å². The Hall–Kier alpha value is -3.28. The topological polar surface area (TPSA) is 77.5 Å². The van der Waals surface area contributed by atoms with Gasteiger partial charge in [0, 0.05) is 50.2 Å². The first-order valence-corrected chi connectivity index (χ1v) is 11.9. The lowest BCUT2D eigenvalue weighted by Crippen LogP contribution is -2.34. The second-order valence-electron chi connectivity index (χ2n) is 9.23. The average Bonchev–Trinajstić information content (AvgIpc) is 2.82. The number of nitrogens with one attached hydrogen (secondary N) is 2. The fraction of sp³-hybridized carbons (Fsp3) is 0.407. The minimum atomic E-state index is 0.0510. The molecule has 1 fully saturated rings. The van der Waals surface area contributed by atoms with E-state index in [1.165, 1.54) is 5.69 Å². The van der Waals surface area contributed by atoms with Crippen molar-refractivity contribution >= 4 is 28.3 Å². The molecule has 1 heterocycles. The Balaban J connectivity index is 1.24. The van der Waals surface area contributed by atoms with Crippen LogP contribution in [0.1, 0.15) is 37.7 Å². The normalized spacial score (nSPS) is 18.1. The Morgan fingerprint density at radius 2 is 1.79 bits per heavy atom. The standard InChI is InChI=1S/C27H34N4O2/c1-31(2)24-17-26(30-23-9-5-4-8-22(23)24)29-21-14-11-19(12-15-21)18-28-27(33)16-13-20-7-3-6-10-25(20)32/h3-10,17,19,21,32H,11-16,18H2,1-2H3,(H,28,33)(H,29,30). The molecule has 1 amide bonds. The van der Waals surface area contributed by atoms with E-state index in [4.69, 9.17) is 4.98 Å². The van der Waals surface area contributed by atoms with Crippen LogP contribution in [0.2, 0.25) is 0 Å². The van der Waals surface area contributed by atoms with Crippen LogP contribution in [0, 0.1) is 5.92 Å². The number of phenols is 1. The van der Waals surface area contributed by atoms with Crippen LogP contribution < -0.4 is 15.5 Å². The predicted octanol–water partition coefficient (Wildman–Crippen LogP) is 4.73. The highest BCUT2D eigenvalue weighted by atomic mass is 16.3. The summed E-state index contributed by atoms with van der Waals surface area (Å²) < 4.78 is 0. The van der Waals surface area contributed by atoms with Gasteiger partial charge in [-0.05, 0) is 55.7 Å².